The van der Waals surface area contributed by atoms with Crippen LogP contribution in [0.5, 0.6) is 0 Å². The second-order valence-corrected chi connectivity index (χ2v) is 11.4. The van der Waals surface area contributed by atoms with Crippen molar-refractivity contribution in [3.05, 3.63) is 0 Å². The summed E-state index contributed by atoms with van der Waals surface area (Å²) in [6.45, 7) is 7.23. The van der Waals surface area contributed by atoms with Crippen LogP contribution in [0.25, 0.3) is 0 Å². The largest absolute Gasteiger partial charge is 0.396 e. The van der Waals surface area contributed by atoms with Gasteiger partial charge in [-0.1, -0.05) is 20.8 Å². The van der Waals surface area contributed by atoms with E-state index in [1.165, 1.54) is 0 Å². The number of aliphatic hydroxyl groups excluding tert-OH is 4. The van der Waals surface area contributed by atoms with E-state index < -0.39 is 0 Å². The summed E-state index contributed by atoms with van der Waals surface area (Å²) in [5.41, 5.74) is 0.0282. The van der Waals surface area contributed by atoms with E-state index in [1.54, 1.807) is 0 Å². The van der Waals surface area contributed by atoms with E-state index in [9.17, 15) is 20.4 Å². The third-order valence-corrected chi connectivity index (χ3v) is 10.3. The molecule has 11 atom stereocenters. The molecule has 28 heavy (non-hydrogen) atoms. The van der Waals surface area contributed by atoms with Gasteiger partial charge < -0.3 is 20.4 Å². The molecular formula is C24H42O4. The summed E-state index contributed by atoms with van der Waals surface area (Å²) < 4.78 is 0. The van der Waals surface area contributed by atoms with Gasteiger partial charge in [0.15, 0.2) is 0 Å². The van der Waals surface area contributed by atoms with Crippen molar-refractivity contribution in [2.75, 3.05) is 6.61 Å². The summed E-state index contributed by atoms with van der Waals surface area (Å²) >= 11 is 0. The van der Waals surface area contributed by atoms with Crippen LogP contribution in [0, 0.1) is 46.3 Å². The van der Waals surface area contributed by atoms with Crippen molar-refractivity contribution < 1.29 is 20.4 Å². The summed E-state index contributed by atoms with van der Waals surface area (Å²) in [4.78, 5) is 0. The smallest absolute Gasteiger partial charge is 0.0602 e. The summed E-state index contributed by atoms with van der Waals surface area (Å²) in [5.74, 6) is 2.41. The Morgan fingerprint density at radius 3 is 2.43 bits per heavy atom. The second kappa shape index (κ2) is 7.51. The predicted molar refractivity (Wildman–Crippen MR) is 109 cm³/mol. The highest BCUT2D eigenvalue weighted by Gasteiger charge is 2.65. The zero-order valence-electron chi connectivity index (χ0n) is 18.1. The molecule has 0 amide bonds. The van der Waals surface area contributed by atoms with Gasteiger partial charge in [-0.25, -0.2) is 0 Å². The van der Waals surface area contributed by atoms with Crippen LogP contribution in [0.3, 0.4) is 0 Å². The first-order valence-electron chi connectivity index (χ1n) is 11.9. The Labute approximate surface area is 170 Å². The summed E-state index contributed by atoms with van der Waals surface area (Å²) in [6, 6.07) is 0. The Hall–Kier alpha value is -0.160. The SMILES string of the molecule is CC(CCCO)C1CCC2C3C(C[C@H](O)C12C)C1(C)CC[C@@H](O)C[C@@H]1C[C@H]3O. The van der Waals surface area contributed by atoms with Crippen molar-refractivity contribution in [3.63, 3.8) is 0 Å². The van der Waals surface area contributed by atoms with Crippen LogP contribution < -0.4 is 0 Å². The van der Waals surface area contributed by atoms with Gasteiger partial charge in [0.2, 0.25) is 0 Å². The fourth-order valence-electron chi connectivity index (χ4n) is 8.75. The zero-order valence-corrected chi connectivity index (χ0v) is 18.1. The van der Waals surface area contributed by atoms with E-state index in [-0.39, 0.29) is 35.7 Å². The lowest BCUT2D eigenvalue weighted by Gasteiger charge is -2.63. The van der Waals surface area contributed by atoms with Gasteiger partial charge in [0.25, 0.3) is 0 Å². The standard InChI is InChI=1S/C24H42O4/c1-14(5-4-10-25)17-6-7-18-22-19(13-21(28)24(17,18)3)23(2)9-8-16(26)11-15(23)12-20(22)27/h14-22,25-28H,4-13H2,1-3H3/t14?,15-,16-,17?,18?,19?,20-,21+,22?,23?,24?/m1/s1. The molecule has 4 rings (SSSR count). The zero-order chi connectivity index (χ0) is 20.3. The fraction of sp³-hybridized carbons (Fsp3) is 1.00. The molecule has 4 aliphatic carbocycles. The first-order valence-corrected chi connectivity index (χ1v) is 11.9. The first-order chi connectivity index (χ1) is 13.2. The maximum Gasteiger partial charge on any atom is 0.0602 e. The molecule has 4 fully saturated rings. The van der Waals surface area contributed by atoms with Crippen molar-refractivity contribution in [1.82, 2.24) is 0 Å². The lowest BCUT2D eigenvalue weighted by molar-refractivity contribution is -0.207. The van der Waals surface area contributed by atoms with Crippen LogP contribution in [-0.4, -0.2) is 45.3 Å². The molecule has 4 heteroatoms. The van der Waals surface area contributed by atoms with Crippen molar-refractivity contribution in [1.29, 1.82) is 0 Å². The fourth-order valence-corrected chi connectivity index (χ4v) is 8.75. The van der Waals surface area contributed by atoms with E-state index in [0.717, 1.165) is 57.8 Å². The molecule has 0 aromatic rings. The van der Waals surface area contributed by atoms with Crippen molar-refractivity contribution in [3.8, 4) is 0 Å². The molecule has 4 saturated carbocycles. The summed E-state index contributed by atoms with van der Waals surface area (Å²) in [7, 11) is 0. The molecule has 0 bridgehead atoms. The molecule has 4 N–H and O–H groups in total. The van der Waals surface area contributed by atoms with Crippen LogP contribution >= 0.6 is 0 Å². The molecule has 0 aliphatic heterocycles. The Morgan fingerprint density at radius 2 is 1.71 bits per heavy atom. The number of aliphatic hydroxyl groups is 4. The Bertz CT molecular complexity index is 567. The average molecular weight is 395 g/mol. The third-order valence-electron chi connectivity index (χ3n) is 10.3. The van der Waals surface area contributed by atoms with Gasteiger partial charge in [-0.2, -0.15) is 0 Å². The molecule has 0 aromatic heterocycles. The topological polar surface area (TPSA) is 80.9 Å². The molecule has 0 spiro atoms. The second-order valence-electron chi connectivity index (χ2n) is 11.4. The summed E-state index contributed by atoms with van der Waals surface area (Å²) in [6.07, 6.45) is 7.62. The van der Waals surface area contributed by atoms with Gasteiger partial charge in [0, 0.05) is 6.61 Å². The lowest BCUT2D eigenvalue weighted by Crippen LogP contribution is -2.62. The van der Waals surface area contributed by atoms with E-state index in [2.05, 4.69) is 20.8 Å². The molecule has 7 unspecified atom stereocenters. The van der Waals surface area contributed by atoms with Crippen molar-refractivity contribution in [2.45, 2.75) is 96.9 Å². The number of rotatable bonds is 4. The van der Waals surface area contributed by atoms with Gasteiger partial charge in [-0.05, 0) is 104 Å². The minimum absolute atomic E-state index is 0.117. The Kier molecular flexibility index (Phi) is 5.66. The van der Waals surface area contributed by atoms with Crippen molar-refractivity contribution >= 4 is 0 Å². The highest BCUT2D eigenvalue weighted by atomic mass is 16.3. The highest BCUT2D eigenvalue weighted by molar-refractivity contribution is 5.14. The van der Waals surface area contributed by atoms with Gasteiger partial charge in [-0.15, -0.1) is 0 Å². The molecule has 4 aliphatic rings. The Morgan fingerprint density at radius 1 is 0.964 bits per heavy atom. The molecule has 162 valence electrons. The van der Waals surface area contributed by atoms with Crippen molar-refractivity contribution in [2.24, 2.45) is 46.3 Å². The van der Waals surface area contributed by atoms with E-state index >= 15 is 0 Å². The van der Waals surface area contributed by atoms with E-state index in [1.807, 2.05) is 0 Å². The molecule has 4 nitrogen and oxygen atoms in total. The average Bonchev–Trinajstić information content (AvgIpc) is 3.01. The van der Waals surface area contributed by atoms with Gasteiger partial charge in [0.05, 0.1) is 18.3 Å². The third kappa shape index (κ3) is 3.01. The van der Waals surface area contributed by atoms with Crippen LogP contribution in [0.15, 0.2) is 0 Å². The van der Waals surface area contributed by atoms with Crippen LogP contribution in [0.2, 0.25) is 0 Å². The lowest BCUT2D eigenvalue weighted by atomic mass is 9.43. The van der Waals surface area contributed by atoms with Gasteiger partial charge >= 0.3 is 0 Å². The molecule has 0 saturated heterocycles. The number of hydrogen-bond donors (Lipinski definition) is 4. The summed E-state index contributed by atoms with van der Waals surface area (Å²) in [5, 5.41) is 42.2. The molecule has 0 heterocycles. The molecule has 0 aromatic carbocycles. The van der Waals surface area contributed by atoms with Crippen LogP contribution in [-0.2, 0) is 0 Å². The van der Waals surface area contributed by atoms with E-state index in [4.69, 9.17) is 0 Å². The monoisotopic (exact) mass is 394 g/mol. The maximum atomic E-state index is 11.5. The van der Waals surface area contributed by atoms with E-state index in [0.29, 0.717) is 35.5 Å². The normalized spacial score (nSPS) is 54.5. The number of fused-ring (bicyclic) bond motifs is 5. The highest BCUT2D eigenvalue weighted by Crippen LogP contribution is 2.68. The minimum atomic E-state index is -0.308. The maximum absolute atomic E-state index is 11.5. The van der Waals surface area contributed by atoms with Crippen LogP contribution in [0.1, 0.15) is 78.6 Å². The van der Waals surface area contributed by atoms with Crippen LogP contribution in [0.4, 0.5) is 0 Å². The quantitative estimate of drug-likeness (QED) is 0.589. The first kappa shape index (κ1) is 21.1. The van der Waals surface area contributed by atoms with Gasteiger partial charge in [-0.3, -0.25) is 0 Å². The number of hydrogen-bond acceptors (Lipinski definition) is 4. The Balaban J connectivity index is 1.62. The molecular weight excluding hydrogens is 352 g/mol. The predicted octanol–water partition coefficient (Wildman–Crippen LogP) is 3.36. The minimum Gasteiger partial charge on any atom is -0.396 e. The van der Waals surface area contributed by atoms with Gasteiger partial charge in [0.1, 0.15) is 0 Å². The molecule has 0 radical (unpaired) electrons.